The molecule has 2 aliphatic rings. The second kappa shape index (κ2) is 9.02. The second-order valence-electron chi connectivity index (χ2n) is 7.97. The average Bonchev–Trinajstić information content (AvgIpc) is 3.09. The van der Waals surface area contributed by atoms with Crippen LogP contribution in [0.15, 0.2) is 29.3 Å². The molecule has 1 aliphatic carbocycles. The van der Waals surface area contributed by atoms with Crippen LogP contribution < -0.4 is 10.6 Å². The Hall–Kier alpha value is -1.66. The SMILES string of the molecule is CCNC(=NCC1(CCO)CCOC1)NCC1(c2ccc(F)cc2)CCC1. The lowest BCUT2D eigenvalue weighted by atomic mass is 9.64. The lowest BCUT2D eigenvalue weighted by molar-refractivity contribution is 0.131. The molecule has 1 unspecified atom stereocenters. The molecule has 0 spiro atoms. The molecule has 6 heteroatoms. The Labute approximate surface area is 161 Å². The molecular formula is C21H32FN3O2. The highest BCUT2D eigenvalue weighted by atomic mass is 19.1. The molecule has 1 heterocycles. The summed E-state index contributed by atoms with van der Waals surface area (Å²) >= 11 is 0. The first-order chi connectivity index (χ1) is 13.1. The first-order valence-corrected chi connectivity index (χ1v) is 10.1. The number of guanidine groups is 1. The Morgan fingerprint density at radius 1 is 1.22 bits per heavy atom. The topological polar surface area (TPSA) is 65.9 Å². The van der Waals surface area contributed by atoms with E-state index in [1.807, 2.05) is 12.1 Å². The zero-order valence-electron chi connectivity index (χ0n) is 16.3. The summed E-state index contributed by atoms with van der Waals surface area (Å²) in [6.07, 6.45) is 5.07. The molecule has 1 aromatic carbocycles. The predicted molar refractivity (Wildman–Crippen MR) is 105 cm³/mol. The van der Waals surface area contributed by atoms with Crippen LogP contribution in [0, 0.1) is 11.2 Å². The van der Waals surface area contributed by atoms with Crippen LogP contribution in [0.3, 0.4) is 0 Å². The molecule has 150 valence electrons. The normalized spacial score (nSPS) is 24.5. The molecule has 27 heavy (non-hydrogen) atoms. The summed E-state index contributed by atoms with van der Waals surface area (Å²) in [7, 11) is 0. The van der Waals surface area contributed by atoms with E-state index >= 15 is 0 Å². The van der Waals surface area contributed by atoms with E-state index in [4.69, 9.17) is 9.73 Å². The van der Waals surface area contributed by atoms with Crippen LogP contribution in [-0.4, -0.2) is 50.5 Å². The number of nitrogens with one attached hydrogen (secondary N) is 2. The number of aliphatic hydroxyl groups excluding tert-OH is 1. The number of nitrogens with zero attached hydrogens (tertiary/aromatic N) is 1. The van der Waals surface area contributed by atoms with E-state index < -0.39 is 0 Å². The van der Waals surface area contributed by atoms with E-state index in [-0.39, 0.29) is 23.3 Å². The van der Waals surface area contributed by atoms with Gasteiger partial charge in [0.15, 0.2) is 5.96 Å². The average molecular weight is 378 g/mol. The van der Waals surface area contributed by atoms with Crippen LogP contribution in [0.2, 0.25) is 0 Å². The molecule has 5 nitrogen and oxygen atoms in total. The zero-order chi connectivity index (χ0) is 19.2. The van der Waals surface area contributed by atoms with Crippen LogP contribution in [0.5, 0.6) is 0 Å². The molecule has 0 radical (unpaired) electrons. The highest BCUT2D eigenvalue weighted by Crippen LogP contribution is 2.43. The Kier molecular flexibility index (Phi) is 6.71. The van der Waals surface area contributed by atoms with Gasteiger partial charge in [-0.1, -0.05) is 18.6 Å². The summed E-state index contributed by atoms with van der Waals surface area (Å²) in [6.45, 7) is 5.84. The monoisotopic (exact) mass is 377 g/mol. The largest absolute Gasteiger partial charge is 0.396 e. The van der Waals surface area contributed by atoms with Crippen molar-refractivity contribution in [2.75, 3.05) is 39.5 Å². The number of rotatable bonds is 8. The maximum absolute atomic E-state index is 13.3. The standard InChI is InChI=1S/C21H32FN3O2/c1-2-23-19(24-14-20(10-12-26)11-13-27-16-20)25-15-21(8-3-9-21)17-4-6-18(22)7-5-17/h4-7,26H,2-3,8-16H2,1H3,(H2,23,24,25). The van der Waals surface area contributed by atoms with Crippen molar-refractivity contribution in [2.45, 2.75) is 44.4 Å². The van der Waals surface area contributed by atoms with E-state index in [0.29, 0.717) is 13.2 Å². The van der Waals surface area contributed by atoms with Gasteiger partial charge >= 0.3 is 0 Å². The third kappa shape index (κ3) is 4.79. The van der Waals surface area contributed by atoms with Crippen LogP contribution >= 0.6 is 0 Å². The summed E-state index contributed by atoms with van der Waals surface area (Å²) in [5, 5.41) is 16.2. The van der Waals surface area contributed by atoms with Crippen molar-refractivity contribution < 1.29 is 14.2 Å². The van der Waals surface area contributed by atoms with Crippen molar-refractivity contribution in [3.63, 3.8) is 0 Å². The van der Waals surface area contributed by atoms with Gasteiger partial charge in [0.1, 0.15) is 5.82 Å². The molecule has 1 aliphatic heterocycles. The molecule has 3 N–H and O–H groups in total. The molecule has 2 fully saturated rings. The van der Waals surface area contributed by atoms with Gasteiger partial charge in [0.05, 0.1) is 13.2 Å². The number of benzene rings is 1. The number of halogens is 1. The van der Waals surface area contributed by atoms with Gasteiger partial charge in [-0.15, -0.1) is 0 Å². The molecule has 0 bridgehead atoms. The van der Waals surface area contributed by atoms with Gasteiger partial charge in [0.25, 0.3) is 0 Å². The van der Waals surface area contributed by atoms with Crippen LogP contribution in [0.25, 0.3) is 0 Å². The fraction of sp³-hybridized carbons (Fsp3) is 0.667. The van der Waals surface area contributed by atoms with E-state index in [0.717, 1.165) is 51.3 Å². The van der Waals surface area contributed by atoms with Crippen molar-refractivity contribution in [1.29, 1.82) is 0 Å². The zero-order valence-corrected chi connectivity index (χ0v) is 16.3. The van der Waals surface area contributed by atoms with E-state index in [1.165, 1.54) is 12.0 Å². The maximum Gasteiger partial charge on any atom is 0.191 e. The summed E-state index contributed by atoms with van der Waals surface area (Å²) < 4.78 is 18.8. The first kappa shape index (κ1) is 20.1. The fourth-order valence-corrected chi connectivity index (χ4v) is 4.10. The molecule has 1 saturated carbocycles. The van der Waals surface area contributed by atoms with Crippen molar-refractivity contribution >= 4 is 5.96 Å². The minimum absolute atomic E-state index is 0.0534. The highest BCUT2D eigenvalue weighted by molar-refractivity contribution is 5.80. The van der Waals surface area contributed by atoms with Crippen LogP contribution in [0.1, 0.15) is 44.6 Å². The fourth-order valence-electron chi connectivity index (χ4n) is 4.10. The van der Waals surface area contributed by atoms with Gasteiger partial charge < -0.3 is 20.5 Å². The number of hydrogen-bond acceptors (Lipinski definition) is 3. The van der Waals surface area contributed by atoms with Gasteiger partial charge in [-0.2, -0.15) is 0 Å². The third-order valence-electron chi connectivity index (χ3n) is 6.11. The van der Waals surface area contributed by atoms with Crippen LogP contribution in [-0.2, 0) is 10.2 Å². The summed E-state index contributed by atoms with van der Waals surface area (Å²) in [4.78, 5) is 4.80. The van der Waals surface area contributed by atoms with Gasteiger partial charge in [0.2, 0.25) is 0 Å². The van der Waals surface area contributed by atoms with Crippen molar-refractivity contribution in [1.82, 2.24) is 10.6 Å². The minimum Gasteiger partial charge on any atom is -0.396 e. The van der Waals surface area contributed by atoms with E-state index in [1.54, 1.807) is 12.1 Å². The molecule has 3 rings (SSSR count). The minimum atomic E-state index is -0.191. The second-order valence-corrected chi connectivity index (χ2v) is 7.97. The molecular weight excluding hydrogens is 345 g/mol. The van der Waals surface area contributed by atoms with Gasteiger partial charge in [-0.3, -0.25) is 4.99 Å². The Morgan fingerprint density at radius 2 is 2.00 bits per heavy atom. The third-order valence-corrected chi connectivity index (χ3v) is 6.11. The Bertz CT molecular complexity index is 623. The van der Waals surface area contributed by atoms with Crippen molar-refractivity contribution in [2.24, 2.45) is 10.4 Å². The molecule has 1 aromatic rings. The first-order valence-electron chi connectivity index (χ1n) is 10.1. The molecule has 0 amide bonds. The Balaban J connectivity index is 1.65. The van der Waals surface area contributed by atoms with E-state index in [2.05, 4.69) is 17.6 Å². The predicted octanol–water partition coefficient (Wildman–Crippen LogP) is 2.59. The summed E-state index contributed by atoms with van der Waals surface area (Å²) in [5.74, 6) is 0.610. The van der Waals surface area contributed by atoms with Gasteiger partial charge in [-0.25, -0.2) is 4.39 Å². The number of aliphatic hydroxyl groups is 1. The van der Waals surface area contributed by atoms with Crippen molar-refractivity contribution in [3.8, 4) is 0 Å². The van der Waals surface area contributed by atoms with Gasteiger partial charge in [-0.05, 0) is 50.3 Å². The number of hydrogen-bond donors (Lipinski definition) is 3. The van der Waals surface area contributed by atoms with Crippen LogP contribution in [0.4, 0.5) is 4.39 Å². The smallest absolute Gasteiger partial charge is 0.191 e. The number of ether oxygens (including phenoxy) is 1. The molecule has 0 aromatic heterocycles. The lowest BCUT2D eigenvalue weighted by Crippen LogP contribution is -2.49. The summed E-state index contributed by atoms with van der Waals surface area (Å²) in [6, 6.07) is 6.92. The molecule has 1 atom stereocenters. The maximum atomic E-state index is 13.3. The molecule has 1 saturated heterocycles. The van der Waals surface area contributed by atoms with Gasteiger partial charge in [0, 0.05) is 37.1 Å². The lowest BCUT2D eigenvalue weighted by Gasteiger charge is -2.43. The quantitative estimate of drug-likeness (QED) is 0.481. The number of aliphatic imine (C=N–C) groups is 1. The highest BCUT2D eigenvalue weighted by Gasteiger charge is 2.39. The van der Waals surface area contributed by atoms with E-state index in [9.17, 15) is 9.50 Å². The summed E-state index contributed by atoms with van der Waals surface area (Å²) in [5.41, 5.74) is 1.20. The Morgan fingerprint density at radius 3 is 2.56 bits per heavy atom. The van der Waals surface area contributed by atoms with Crippen molar-refractivity contribution in [3.05, 3.63) is 35.6 Å².